The van der Waals surface area contributed by atoms with Gasteiger partial charge in [0.05, 0.1) is 27.2 Å². The van der Waals surface area contributed by atoms with Crippen molar-refractivity contribution >= 4 is 0 Å². The molecule has 0 aromatic rings. The van der Waals surface area contributed by atoms with Crippen LogP contribution in [0.5, 0.6) is 0 Å². The summed E-state index contributed by atoms with van der Waals surface area (Å²) in [4.78, 5) is 0. The Morgan fingerprint density at radius 2 is 1.64 bits per heavy atom. The third-order valence-electron chi connectivity index (χ3n) is 2.54. The molecule has 0 heterocycles. The van der Waals surface area contributed by atoms with Crippen LogP contribution in [0.1, 0.15) is 39.0 Å². The monoisotopic (exact) mass is 311 g/mol. The summed E-state index contributed by atoms with van der Waals surface area (Å²) in [7, 11) is 4.67. The molecule has 0 amide bonds. The summed E-state index contributed by atoms with van der Waals surface area (Å²) < 4.78 is 1.19. The number of quaternary nitrogens is 1. The first-order valence-electron chi connectivity index (χ1n) is 5.55. The predicted molar refractivity (Wildman–Crippen MR) is 60.8 cm³/mol. The Hall–Kier alpha value is 0.430. The fourth-order valence-electron chi connectivity index (χ4n) is 1.53. The summed E-state index contributed by atoms with van der Waals surface area (Å²) in [6.07, 6.45) is 8.50. The first-order chi connectivity index (χ1) is 6.12. The SMILES string of the molecule is C=CCCCC[N+](C)(C)CCCC.[I-]. The van der Waals surface area contributed by atoms with Crippen LogP contribution in [0.2, 0.25) is 0 Å². The molecular weight excluding hydrogens is 285 g/mol. The lowest BCUT2D eigenvalue weighted by molar-refractivity contribution is -0.890. The molecule has 0 rings (SSSR count). The molecule has 14 heavy (non-hydrogen) atoms. The van der Waals surface area contributed by atoms with Crippen LogP contribution >= 0.6 is 0 Å². The third-order valence-corrected chi connectivity index (χ3v) is 2.54. The van der Waals surface area contributed by atoms with E-state index in [2.05, 4.69) is 27.6 Å². The van der Waals surface area contributed by atoms with Crippen molar-refractivity contribution < 1.29 is 28.5 Å². The van der Waals surface area contributed by atoms with Gasteiger partial charge in [-0.25, -0.2) is 0 Å². The number of halogens is 1. The van der Waals surface area contributed by atoms with Gasteiger partial charge in [0.1, 0.15) is 0 Å². The third kappa shape index (κ3) is 10.5. The largest absolute Gasteiger partial charge is 1.00 e. The van der Waals surface area contributed by atoms with Crippen molar-refractivity contribution in [3.05, 3.63) is 12.7 Å². The smallest absolute Gasteiger partial charge is 0.0782 e. The molecule has 2 heteroatoms. The highest BCUT2D eigenvalue weighted by Gasteiger charge is 2.12. The number of allylic oxidation sites excluding steroid dienone is 1. The minimum absolute atomic E-state index is 0. The fourth-order valence-corrected chi connectivity index (χ4v) is 1.53. The highest BCUT2D eigenvalue weighted by molar-refractivity contribution is 4.65. The molecule has 0 aromatic carbocycles. The Bertz CT molecular complexity index is 132. The van der Waals surface area contributed by atoms with Crippen LogP contribution in [0.3, 0.4) is 0 Å². The first-order valence-corrected chi connectivity index (χ1v) is 5.55. The summed E-state index contributed by atoms with van der Waals surface area (Å²) in [6, 6.07) is 0. The Morgan fingerprint density at radius 3 is 2.14 bits per heavy atom. The van der Waals surface area contributed by atoms with Crippen molar-refractivity contribution in [2.24, 2.45) is 0 Å². The predicted octanol–water partition coefficient (Wildman–Crippen LogP) is 0.223. The molecule has 0 spiro atoms. The Kier molecular flexibility index (Phi) is 12.0. The first kappa shape index (κ1) is 16.8. The second-order valence-corrected chi connectivity index (χ2v) is 4.52. The number of nitrogens with zero attached hydrogens (tertiary/aromatic N) is 1. The van der Waals surface area contributed by atoms with Gasteiger partial charge in [-0.05, 0) is 25.7 Å². The minimum atomic E-state index is 0. The van der Waals surface area contributed by atoms with E-state index in [4.69, 9.17) is 0 Å². The second kappa shape index (κ2) is 9.97. The number of unbranched alkanes of at least 4 members (excludes halogenated alkanes) is 3. The van der Waals surface area contributed by atoms with Crippen LogP contribution < -0.4 is 24.0 Å². The van der Waals surface area contributed by atoms with Crippen LogP contribution in [0.4, 0.5) is 0 Å². The van der Waals surface area contributed by atoms with E-state index in [1.165, 1.54) is 49.7 Å². The van der Waals surface area contributed by atoms with Gasteiger partial charge >= 0.3 is 0 Å². The van der Waals surface area contributed by atoms with Crippen molar-refractivity contribution in [3.8, 4) is 0 Å². The number of hydrogen-bond acceptors (Lipinski definition) is 0. The number of hydrogen-bond donors (Lipinski definition) is 0. The van der Waals surface area contributed by atoms with E-state index >= 15 is 0 Å². The molecule has 1 nitrogen and oxygen atoms in total. The average molecular weight is 311 g/mol. The van der Waals surface area contributed by atoms with Gasteiger partial charge in [0.25, 0.3) is 0 Å². The van der Waals surface area contributed by atoms with Gasteiger partial charge in [-0.1, -0.05) is 19.4 Å². The van der Waals surface area contributed by atoms with E-state index in [1.54, 1.807) is 0 Å². The highest BCUT2D eigenvalue weighted by atomic mass is 127. The zero-order valence-corrected chi connectivity index (χ0v) is 12.2. The molecule has 0 fully saturated rings. The summed E-state index contributed by atoms with van der Waals surface area (Å²) in [5, 5.41) is 0. The van der Waals surface area contributed by atoms with Gasteiger partial charge in [0, 0.05) is 0 Å². The zero-order valence-electron chi connectivity index (χ0n) is 10.1. The van der Waals surface area contributed by atoms with Crippen LogP contribution in [0.15, 0.2) is 12.7 Å². The second-order valence-electron chi connectivity index (χ2n) is 4.52. The molecule has 0 N–H and O–H groups in total. The number of rotatable bonds is 8. The van der Waals surface area contributed by atoms with E-state index < -0.39 is 0 Å². The van der Waals surface area contributed by atoms with Gasteiger partial charge in [-0.3, -0.25) is 0 Å². The van der Waals surface area contributed by atoms with Crippen LogP contribution in [0, 0.1) is 0 Å². The maximum absolute atomic E-state index is 3.74. The normalized spacial score (nSPS) is 10.8. The van der Waals surface area contributed by atoms with E-state index in [1.807, 2.05) is 6.08 Å². The quantitative estimate of drug-likeness (QED) is 0.260. The van der Waals surface area contributed by atoms with Gasteiger partial charge in [0.2, 0.25) is 0 Å². The molecule has 86 valence electrons. The lowest BCUT2D eigenvalue weighted by Crippen LogP contribution is -3.00. The Morgan fingerprint density at radius 1 is 1.07 bits per heavy atom. The minimum Gasteiger partial charge on any atom is -1.00 e. The lowest BCUT2D eigenvalue weighted by Gasteiger charge is -2.29. The summed E-state index contributed by atoms with van der Waals surface area (Å²) in [5.74, 6) is 0. The molecular formula is C12H26IN. The Labute approximate surface area is 107 Å². The summed E-state index contributed by atoms with van der Waals surface area (Å²) in [6.45, 7) is 8.64. The molecule has 0 aliphatic carbocycles. The molecule has 0 bridgehead atoms. The van der Waals surface area contributed by atoms with Gasteiger partial charge in [-0.15, -0.1) is 6.58 Å². The summed E-state index contributed by atoms with van der Waals surface area (Å²) in [5.41, 5.74) is 0. The lowest BCUT2D eigenvalue weighted by atomic mass is 10.2. The van der Waals surface area contributed by atoms with Gasteiger partial charge in [-0.2, -0.15) is 0 Å². The standard InChI is InChI=1S/C12H26N.HI/c1-5-7-9-10-12-13(3,4)11-8-6-2;/h5H,1,6-12H2,2-4H3;1H/q+1;/p-1. The van der Waals surface area contributed by atoms with Crippen LogP contribution in [-0.2, 0) is 0 Å². The molecule has 0 aliphatic rings. The van der Waals surface area contributed by atoms with Gasteiger partial charge < -0.3 is 28.5 Å². The topological polar surface area (TPSA) is 0 Å². The van der Waals surface area contributed by atoms with Crippen LogP contribution in [-0.4, -0.2) is 31.7 Å². The fraction of sp³-hybridized carbons (Fsp3) is 0.833. The Balaban J connectivity index is 0. The van der Waals surface area contributed by atoms with Crippen molar-refractivity contribution in [1.82, 2.24) is 0 Å². The zero-order chi connectivity index (χ0) is 10.2. The van der Waals surface area contributed by atoms with Crippen molar-refractivity contribution in [3.63, 3.8) is 0 Å². The van der Waals surface area contributed by atoms with Crippen molar-refractivity contribution in [2.75, 3.05) is 27.2 Å². The maximum Gasteiger partial charge on any atom is 0.0782 e. The molecule has 0 aromatic heterocycles. The molecule has 0 saturated carbocycles. The summed E-state index contributed by atoms with van der Waals surface area (Å²) >= 11 is 0. The van der Waals surface area contributed by atoms with Crippen molar-refractivity contribution in [2.45, 2.75) is 39.0 Å². The highest BCUT2D eigenvalue weighted by Crippen LogP contribution is 2.06. The molecule has 0 radical (unpaired) electrons. The van der Waals surface area contributed by atoms with Gasteiger partial charge in [0.15, 0.2) is 0 Å². The molecule has 0 saturated heterocycles. The van der Waals surface area contributed by atoms with E-state index in [-0.39, 0.29) is 24.0 Å². The van der Waals surface area contributed by atoms with Crippen LogP contribution in [0.25, 0.3) is 0 Å². The van der Waals surface area contributed by atoms with E-state index in [0.717, 1.165) is 0 Å². The average Bonchev–Trinajstić information content (AvgIpc) is 2.09. The van der Waals surface area contributed by atoms with E-state index in [0.29, 0.717) is 0 Å². The molecule has 0 unspecified atom stereocenters. The van der Waals surface area contributed by atoms with Crippen molar-refractivity contribution in [1.29, 1.82) is 0 Å². The van der Waals surface area contributed by atoms with E-state index in [9.17, 15) is 0 Å². The maximum atomic E-state index is 3.74. The molecule has 0 atom stereocenters. The molecule has 0 aliphatic heterocycles.